The van der Waals surface area contributed by atoms with E-state index in [-0.39, 0.29) is 30.5 Å². The maximum Gasteiger partial charge on any atom is 0.262 e. The van der Waals surface area contributed by atoms with Crippen LogP contribution in [-0.2, 0) is 11.2 Å². The molecule has 1 N–H and O–H groups in total. The van der Waals surface area contributed by atoms with Crippen LogP contribution < -0.4 is 5.56 Å². The van der Waals surface area contributed by atoms with Gasteiger partial charge in [-0.3, -0.25) is 4.79 Å². The quantitative estimate of drug-likeness (QED) is 0.832. The second kappa shape index (κ2) is 7.89. The van der Waals surface area contributed by atoms with Gasteiger partial charge in [0.25, 0.3) is 5.56 Å². The van der Waals surface area contributed by atoms with E-state index >= 15 is 0 Å². The number of nitrogens with one attached hydrogen (secondary N) is 1. The van der Waals surface area contributed by atoms with Crippen LogP contribution in [0.4, 0.5) is 8.78 Å². The molecule has 2 fully saturated rings. The highest BCUT2D eigenvalue weighted by molar-refractivity contribution is 5.73. The standard InChI is InChI=1S/C20H28F2N4O2/c1-2-4-16-13(5-3-10-28-16)11-17-24-18-15(19(27)25-17)12-23-26(18)14-6-8-20(21,22)9-7-14/h12-14,16H,2-11H2,1H3,(H,24,25,27)/t13?,16-/m0/s1. The summed E-state index contributed by atoms with van der Waals surface area (Å²) in [7, 11) is 0. The zero-order valence-electron chi connectivity index (χ0n) is 16.3. The smallest absolute Gasteiger partial charge is 0.262 e. The number of aromatic nitrogens is 4. The summed E-state index contributed by atoms with van der Waals surface area (Å²) in [6.07, 6.45) is 6.91. The number of alkyl halides is 2. The van der Waals surface area contributed by atoms with E-state index in [1.807, 2.05) is 0 Å². The molecule has 1 aliphatic carbocycles. The maximum absolute atomic E-state index is 13.5. The maximum atomic E-state index is 13.5. The van der Waals surface area contributed by atoms with Crippen LogP contribution in [0.15, 0.2) is 11.0 Å². The minimum absolute atomic E-state index is 0.134. The Kier molecular flexibility index (Phi) is 5.49. The average Bonchev–Trinajstić information content (AvgIpc) is 3.08. The van der Waals surface area contributed by atoms with E-state index in [9.17, 15) is 13.6 Å². The summed E-state index contributed by atoms with van der Waals surface area (Å²) in [6, 6.07) is -0.134. The molecule has 8 heteroatoms. The number of halogens is 2. The van der Waals surface area contributed by atoms with Gasteiger partial charge in [0.15, 0.2) is 5.65 Å². The predicted octanol–water partition coefficient (Wildman–Crippen LogP) is 4.01. The van der Waals surface area contributed by atoms with Crippen LogP contribution in [0.2, 0.25) is 0 Å². The number of nitrogens with zero attached hydrogens (tertiary/aromatic N) is 3. The van der Waals surface area contributed by atoms with Crippen LogP contribution in [0.1, 0.15) is 70.2 Å². The van der Waals surface area contributed by atoms with Crippen molar-refractivity contribution in [2.45, 2.75) is 82.8 Å². The average molecular weight is 394 g/mol. The van der Waals surface area contributed by atoms with Crippen molar-refractivity contribution in [2.24, 2.45) is 5.92 Å². The molecule has 28 heavy (non-hydrogen) atoms. The van der Waals surface area contributed by atoms with Crippen molar-refractivity contribution < 1.29 is 13.5 Å². The molecule has 1 saturated carbocycles. The third-order valence-corrected chi connectivity index (χ3v) is 6.15. The Morgan fingerprint density at radius 3 is 2.86 bits per heavy atom. The normalized spacial score (nSPS) is 26.0. The van der Waals surface area contributed by atoms with Gasteiger partial charge in [0, 0.05) is 25.9 Å². The van der Waals surface area contributed by atoms with Gasteiger partial charge in [0.2, 0.25) is 5.92 Å². The van der Waals surface area contributed by atoms with Crippen molar-refractivity contribution in [1.29, 1.82) is 0 Å². The molecule has 2 aromatic rings. The summed E-state index contributed by atoms with van der Waals surface area (Å²) in [5, 5.41) is 4.75. The number of hydrogen-bond acceptors (Lipinski definition) is 4. The molecule has 3 heterocycles. The van der Waals surface area contributed by atoms with Gasteiger partial charge in [0.1, 0.15) is 11.2 Å². The zero-order chi connectivity index (χ0) is 19.7. The lowest BCUT2D eigenvalue weighted by atomic mass is 9.88. The van der Waals surface area contributed by atoms with E-state index in [1.165, 1.54) is 6.20 Å². The molecule has 1 saturated heterocycles. The van der Waals surface area contributed by atoms with E-state index < -0.39 is 5.92 Å². The molecule has 1 aliphatic heterocycles. The molecule has 2 aromatic heterocycles. The van der Waals surface area contributed by atoms with E-state index in [0.29, 0.717) is 42.0 Å². The summed E-state index contributed by atoms with van der Waals surface area (Å²) in [6.45, 7) is 2.94. The van der Waals surface area contributed by atoms with Crippen molar-refractivity contribution in [2.75, 3.05) is 6.61 Å². The van der Waals surface area contributed by atoms with Gasteiger partial charge in [-0.15, -0.1) is 0 Å². The van der Waals surface area contributed by atoms with E-state index in [1.54, 1.807) is 4.68 Å². The molecule has 6 nitrogen and oxygen atoms in total. The van der Waals surface area contributed by atoms with Crippen molar-refractivity contribution in [1.82, 2.24) is 19.7 Å². The van der Waals surface area contributed by atoms with Crippen LogP contribution in [-0.4, -0.2) is 38.4 Å². The van der Waals surface area contributed by atoms with Crippen LogP contribution in [0.5, 0.6) is 0 Å². The third-order valence-electron chi connectivity index (χ3n) is 6.15. The molecule has 2 aliphatic rings. The van der Waals surface area contributed by atoms with Crippen LogP contribution in [0.25, 0.3) is 11.0 Å². The molecule has 154 valence electrons. The second-order valence-corrected chi connectivity index (χ2v) is 8.23. The minimum Gasteiger partial charge on any atom is -0.378 e. The Hall–Kier alpha value is -1.83. The Morgan fingerprint density at radius 2 is 2.11 bits per heavy atom. The molecule has 4 rings (SSSR count). The number of hydrogen-bond donors (Lipinski definition) is 1. The summed E-state index contributed by atoms with van der Waals surface area (Å²) in [5.74, 6) is -1.62. The molecular weight excluding hydrogens is 366 g/mol. The van der Waals surface area contributed by atoms with Crippen LogP contribution >= 0.6 is 0 Å². The number of rotatable bonds is 5. The molecule has 0 aromatic carbocycles. The van der Waals surface area contributed by atoms with Gasteiger partial charge in [-0.1, -0.05) is 13.3 Å². The zero-order valence-corrected chi connectivity index (χ0v) is 16.3. The predicted molar refractivity (Wildman–Crippen MR) is 102 cm³/mol. The fourth-order valence-electron chi connectivity index (χ4n) is 4.60. The number of ether oxygens (including phenoxy) is 1. The molecule has 0 spiro atoms. The summed E-state index contributed by atoms with van der Waals surface area (Å²) in [5.41, 5.74) is 0.300. The first kappa shape index (κ1) is 19.5. The van der Waals surface area contributed by atoms with E-state index in [2.05, 4.69) is 17.0 Å². The Labute approximate surface area is 162 Å². The second-order valence-electron chi connectivity index (χ2n) is 8.23. The number of fused-ring (bicyclic) bond motifs is 1. The molecule has 0 bridgehead atoms. The van der Waals surface area contributed by atoms with Crippen molar-refractivity contribution in [3.8, 4) is 0 Å². The molecule has 1 unspecified atom stereocenters. The fraction of sp³-hybridized carbons (Fsp3) is 0.750. The molecular formula is C20H28F2N4O2. The highest BCUT2D eigenvalue weighted by atomic mass is 19.3. The van der Waals surface area contributed by atoms with Crippen molar-refractivity contribution in [3.63, 3.8) is 0 Å². The Morgan fingerprint density at radius 1 is 1.32 bits per heavy atom. The molecule has 2 atom stereocenters. The van der Waals surface area contributed by atoms with Gasteiger partial charge in [-0.2, -0.15) is 5.10 Å². The largest absolute Gasteiger partial charge is 0.378 e. The van der Waals surface area contributed by atoms with Crippen molar-refractivity contribution in [3.05, 3.63) is 22.4 Å². The van der Waals surface area contributed by atoms with Crippen LogP contribution in [0, 0.1) is 5.92 Å². The minimum atomic E-state index is -2.59. The van der Waals surface area contributed by atoms with Crippen LogP contribution in [0.3, 0.4) is 0 Å². The van der Waals surface area contributed by atoms with Crippen molar-refractivity contribution >= 4 is 11.0 Å². The lowest BCUT2D eigenvalue weighted by Crippen LogP contribution is -2.32. The van der Waals surface area contributed by atoms with Gasteiger partial charge >= 0.3 is 0 Å². The highest BCUT2D eigenvalue weighted by Gasteiger charge is 2.36. The SMILES string of the molecule is CCC[C@@H]1OCCCC1Cc1nc2c(cnn2C2CCC(F)(F)CC2)c(=O)[nH]1. The van der Waals surface area contributed by atoms with E-state index in [0.717, 1.165) is 32.3 Å². The first-order chi connectivity index (χ1) is 13.5. The van der Waals surface area contributed by atoms with E-state index in [4.69, 9.17) is 9.72 Å². The first-order valence-electron chi connectivity index (χ1n) is 10.4. The van der Waals surface area contributed by atoms with Gasteiger partial charge in [0.05, 0.1) is 18.3 Å². The lowest BCUT2D eigenvalue weighted by molar-refractivity contribution is -0.0446. The lowest BCUT2D eigenvalue weighted by Gasteiger charge is -2.31. The topological polar surface area (TPSA) is 72.8 Å². The number of H-pyrrole nitrogens is 1. The first-order valence-corrected chi connectivity index (χ1v) is 10.4. The molecule has 0 amide bonds. The number of aromatic amines is 1. The van der Waals surface area contributed by atoms with Gasteiger partial charge < -0.3 is 9.72 Å². The molecule has 0 radical (unpaired) electrons. The summed E-state index contributed by atoms with van der Waals surface area (Å²) >= 11 is 0. The summed E-state index contributed by atoms with van der Waals surface area (Å²) < 4.78 is 34.6. The Balaban J connectivity index is 1.59. The third kappa shape index (κ3) is 3.97. The van der Waals surface area contributed by atoms with Gasteiger partial charge in [-0.25, -0.2) is 18.4 Å². The fourth-order valence-corrected chi connectivity index (χ4v) is 4.60. The summed E-state index contributed by atoms with van der Waals surface area (Å²) in [4.78, 5) is 20.1. The highest BCUT2D eigenvalue weighted by Crippen LogP contribution is 2.38. The monoisotopic (exact) mass is 394 g/mol. The van der Waals surface area contributed by atoms with Gasteiger partial charge in [-0.05, 0) is 38.0 Å². The Bertz CT molecular complexity index is 867.